The first-order valence-corrected chi connectivity index (χ1v) is 10.0. The lowest BCUT2D eigenvalue weighted by atomic mass is 9.77. The number of carbonyl (C=O) groups excluding carboxylic acids is 3. The summed E-state index contributed by atoms with van der Waals surface area (Å²) in [5.74, 6) is -0.304. The average molecular weight is 396 g/mol. The number of benzene rings is 3. The van der Waals surface area contributed by atoms with Crippen molar-refractivity contribution < 1.29 is 14.4 Å². The van der Waals surface area contributed by atoms with Crippen LogP contribution in [-0.4, -0.2) is 29.2 Å². The summed E-state index contributed by atoms with van der Waals surface area (Å²) in [6.07, 6.45) is 0.996. The summed E-state index contributed by atoms with van der Waals surface area (Å²) in [7, 11) is 0. The fraction of sp³-hybridized carbons (Fsp3) is 0.160. The molecule has 1 aliphatic heterocycles. The van der Waals surface area contributed by atoms with Crippen LogP contribution in [0, 0.1) is 0 Å². The predicted molar refractivity (Wildman–Crippen MR) is 112 cm³/mol. The van der Waals surface area contributed by atoms with Gasteiger partial charge >= 0.3 is 0 Å². The lowest BCUT2D eigenvalue weighted by Crippen LogP contribution is -2.33. The van der Waals surface area contributed by atoms with Gasteiger partial charge < -0.3 is 5.32 Å². The first kappa shape index (κ1) is 18.3. The fourth-order valence-electron chi connectivity index (χ4n) is 4.19. The molecule has 0 spiro atoms. The third-order valence-corrected chi connectivity index (χ3v) is 5.91. The highest BCUT2D eigenvalue weighted by Gasteiger charge is 2.35. The second kappa shape index (κ2) is 7.26. The molecule has 0 saturated carbocycles. The van der Waals surface area contributed by atoms with Crippen LogP contribution in [0.5, 0.6) is 0 Å². The van der Waals surface area contributed by atoms with Crippen molar-refractivity contribution in [3.63, 3.8) is 0 Å². The second-order valence-electron chi connectivity index (χ2n) is 7.75. The van der Waals surface area contributed by atoms with Gasteiger partial charge in [-0.05, 0) is 47.4 Å². The molecule has 1 heterocycles. The maximum absolute atomic E-state index is 12.5. The van der Waals surface area contributed by atoms with Crippen molar-refractivity contribution in [2.45, 2.75) is 18.9 Å². The van der Waals surface area contributed by atoms with Gasteiger partial charge in [0, 0.05) is 18.0 Å². The molecule has 1 N–H and O–H groups in total. The van der Waals surface area contributed by atoms with E-state index in [0.29, 0.717) is 29.2 Å². The average Bonchev–Trinajstić information content (AvgIpc) is 3.00. The van der Waals surface area contributed by atoms with E-state index in [4.69, 9.17) is 0 Å². The van der Waals surface area contributed by atoms with Gasteiger partial charge in [0.15, 0.2) is 0 Å². The summed E-state index contributed by atoms with van der Waals surface area (Å²) in [4.78, 5) is 38.7. The van der Waals surface area contributed by atoms with E-state index in [1.807, 2.05) is 12.1 Å². The Hall–Kier alpha value is -3.73. The maximum Gasteiger partial charge on any atom is 0.261 e. The first-order chi connectivity index (χ1) is 14.6. The van der Waals surface area contributed by atoms with E-state index in [1.165, 1.54) is 16.0 Å². The monoisotopic (exact) mass is 396 g/mol. The summed E-state index contributed by atoms with van der Waals surface area (Å²) >= 11 is 0. The van der Waals surface area contributed by atoms with E-state index >= 15 is 0 Å². The summed E-state index contributed by atoms with van der Waals surface area (Å²) in [6, 6.07) is 22.2. The molecule has 5 heteroatoms. The minimum absolute atomic E-state index is 0.119. The zero-order valence-electron chi connectivity index (χ0n) is 16.3. The highest BCUT2D eigenvalue weighted by molar-refractivity contribution is 6.21. The molecular formula is C25H20N2O3. The lowest BCUT2D eigenvalue weighted by Gasteiger charge is -2.30. The zero-order chi connectivity index (χ0) is 20.7. The van der Waals surface area contributed by atoms with Gasteiger partial charge in [-0.2, -0.15) is 0 Å². The van der Waals surface area contributed by atoms with Gasteiger partial charge in [0.1, 0.15) is 0 Å². The Morgan fingerprint density at radius 1 is 0.867 bits per heavy atom. The standard InChI is InChI=1S/C25H20N2O3/c28-23(26-14-19-13-18-5-1-2-6-20(18)19)17-11-9-16(10-12-17)15-27-24(29)21-7-3-4-8-22(21)25(27)30/h1-12,19H,13-15H2,(H,26,28). The molecule has 5 rings (SSSR count). The minimum atomic E-state index is -0.279. The molecule has 0 fully saturated rings. The number of hydrogen-bond acceptors (Lipinski definition) is 3. The number of carbonyl (C=O) groups is 3. The molecule has 1 atom stereocenters. The molecule has 5 nitrogen and oxygen atoms in total. The van der Waals surface area contributed by atoms with Gasteiger partial charge in [-0.3, -0.25) is 19.3 Å². The molecule has 0 radical (unpaired) electrons. The van der Waals surface area contributed by atoms with Crippen LogP contribution in [0.3, 0.4) is 0 Å². The quantitative estimate of drug-likeness (QED) is 0.671. The highest BCUT2D eigenvalue weighted by atomic mass is 16.2. The van der Waals surface area contributed by atoms with Crippen LogP contribution >= 0.6 is 0 Å². The van der Waals surface area contributed by atoms with Crippen LogP contribution < -0.4 is 5.32 Å². The number of amides is 3. The predicted octanol–water partition coefficient (Wildman–Crippen LogP) is 3.55. The number of hydrogen-bond donors (Lipinski definition) is 1. The van der Waals surface area contributed by atoms with E-state index in [2.05, 4.69) is 17.4 Å². The van der Waals surface area contributed by atoms with Crippen molar-refractivity contribution >= 4 is 17.7 Å². The molecular weight excluding hydrogens is 376 g/mol. The van der Waals surface area contributed by atoms with Crippen LogP contribution in [0.1, 0.15) is 53.7 Å². The molecule has 1 aliphatic carbocycles. The Morgan fingerprint density at radius 3 is 2.17 bits per heavy atom. The topological polar surface area (TPSA) is 66.5 Å². The third kappa shape index (κ3) is 3.08. The van der Waals surface area contributed by atoms with Crippen molar-refractivity contribution in [3.05, 3.63) is 106 Å². The number of fused-ring (bicyclic) bond motifs is 2. The molecule has 3 aromatic carbocycles. The largest absolute Gasteiger partial charge is 0.351 e. The molecule has 30 heavy (non-hydrogen) atoms. The summed E-state index contributed by atoms with van der Waals surface area (Å²) < 4.78 is 0. The Bertz CT molecular complexity index is 1130. The molecule has 148 valence electrons. The van der Waals surface area contributed by atoms with Gasteiger partial charge in [-0.15, -0.1) is 0 Å². The van der Waals surface area contributed by atoms with Crippen LogP contribution in [0.2, 0.25) is 0 Å². The maximum atomic E-state index is 12.5. The van der Waals surface area contributed by atoms with E-state index in [0.717, 1.165) is 12.0 Å². The Kier molecular flexibility index (Phi) is 4.43. The normalized spacial score (nSPS) is 16.7. The van der Waals surface area contributed by atoms with E-state index in [9.17, 15) is 14.4 Å². The molecule has 1 unspecified atom stereocenters. The zero-order valence-corrected chi connectivity index (χ0v) is 16.3. The second-order valence-corrected chi connectivity index (χ2v) is 7.75. The Morgan fingerprint density at radius 2 is 1.50 bits per heavy atom. The van der Waals surface area contributed by atoms with Crippen LogP contribution in [-0.2, 0) is 13.0 Å². The van der Waals surface area contributed by atoms with Crippen molar-refractivity contribution in [2.24, 2.45) is 0 Å². The van der Waals surface area contributed by atoms with Gasteiger partial charge in [-0.25, -0.2) is 0 Å². The SMILES string of the molecule is O=C(NCC1Cc2ccccc21)c1ccc(CN2C(=O)c3ccccc3C2=O)cc1. The molecule has 3 amide bonds. The summed E-state index contributed by atoms with van der Waals surface area (Å²) in [6.45, 7) is 0.805. The summed E-state index contributed by atoms with van der Waals surface area (Å²) in [5, 5.41) is 3.00. The Balaban J connectivity index is 1.21. The molecule has 2 aliphatic rings. The lowest BCUT2D eigenvalue weighted by molar-refractivity contribution is 0.0641. The van der Waals surface area contributed by atoms with Gasteiger partial charge in [-0.1, -0.05) is 48.5 Å². The third-order valence-electron chi connectivity index (χ3n) is 5.91. The van der Waals surface area contributed by atoms with Crippen LogP contribution in [0.4, 0.5) is 0 Å². The number of rotatable bonds is 5. The fourth-order valence-corrected chi connectivity index (χ4v) is 4.19. The molecule has 3 aromatic rings. The molecule has 0 aromatic heterocycles. The van der Waals surface area contributed by atoms with Crippen LogP contribution in [0.15, 0.2) is 72.8 Å². The van der Waals surface area contributed by atoms with Crippen molar-refractivity contribution in [1.82, 2.24) is 10.2 Å². The van der Waals surface area contributed by atoms with E-state index < -0.39 is 0 Å². The van der Waals surface area contributed by atoms with E-state index in [1.54, 1.807) is 48.5 Å². The van der Waals surface area contributed by atoms with Gasteiger partial charge in [0.2, 0.25) is 0 Å². The van der Waals surface area contributed by atoms with Gasteiger partial charge in [0.05, 0.1) is 17.7 Å². The first-order valence-electron chi connectivity index (χ1n) is 10.0. The number of nitrogens with one attached hydrogen (secondary N) is 1. The van der Waals surface area contributed by atoms with Gasteiger partial charge in [0.25, 0.3) is 17.7 Å². The van der Waals surface area contributed by atoms with Crippen molar-refractivity contribution in [1.29, 1.82) is 0 Å². The summed E-state index contributed by atoms with van der Waals surface area (Å²) in [5.41, 5.74) is 4.91. The van der Waals surface area contributed by atoms with Crippen LogP contribution in [0.25, 0.3) is 0 Å². The van der Waals surface area contributed by atoms with Crippen molar-refractivity contribution in [3.8, 4) is 0 Å². The highest BCUT2D eigenvalue weighted by Crippen LogP contribution is 2.34. The smallest absolute Gasteiger partial charge is 0.261 e. The number of imide groups is 1. The van der Waals surface area contributed by atoms with Crippen molar-refractivity contribution in [2.75, 3.05) is 6.54 Å². The Labute approximate surface area is 174 Å². The van der Waals surface area contributed by atoms with E-state index in [-0.39, 0.29) is 24.3 Å². The molecule has 0 bridgehead atoms. The number of nitrogens with zero attached hydrogens (tertiary/aromatic N) is 1. The minimum Gasteiger partial charge on any atom is -0.351 e. The molecule has 0 saturated heterocycles.